The molecule has 11 heavy (non-hydrogen) atoms. The van der Waals surface area contributed by atoms with Gasteiger partial charge in [0, 0.05) is 6.92 Å². The highest BCUT2D eigenvalue weighted by atomic mass is 28.3. The Kier molecular flexibility index (Phi) is 3.75. The second-order valence-electron chi connectivity index (χ2n) is 3.30. The van der Waals surface area contributed by atoms with E-state index < -0.39 is 9.28 Å². The lowest BCUT2D eigenvalue weighted by atomic mass is 10.2. The molecule has 0 unspecified atom stereocenters. The van der Waals surface area contributed by atoms with E-state index in [4.69, 9.17) is 8.85 Å². The Morgan fingerprint density at radius 1 is 1.36 bits per heavy atom. The van der Waals surface area contributed by atoms with Crippen LogP contribution in [0.25, 0.3) is 0 Å². The number of carbonyl (C=O) groups excluding carboxylic acids is 1. The van der Waals surface area contributed by atoms with E-state index in [2.05, 4.69) is 0 Å². The zero-order valence-corrected chi connectivity index (χ0v) is 8.72. The van der Waals surface area contributed by atoms with Crippen LogP contribution in [0.5, 0.6) is 0 Å². The summed E-state index contributed by atoms with van der Waals surface area (Å²) in [7, 11) is -1.40. The summed E-state index contributed by atoms with van der Waals surface area (Å²) in [5, 5.41) is 0. The third-order valence-electron chi connectivity index (χ3n) is 0.737. The van der Waals surface area contributed by atoms with E-state index in [-0.39, 0.29) is 11.6 Å². The Morgan fingerprint density at radius 3 is 2.09 bits per heavy atom. The predicted molar refractivity (Wildman–Crippen MR) is 44.2 cm³/mol. The van der Waals surface area contributed by atoms with E-state index in [0.29, 0.717) is 0 Å². The van der Waals surface area contributed by atoms with Gasteiger partial charge in [0.05, 0.1) is 5.60 Å². The average molecular weight is 175 g/mol. The number of carbonyl (C=O) groups is 1. The molecule has 0 atom stereocenters. The van der Waals surface area contributed by atoms with Crippen molar-refractivity contribution < 1.29 is 13.6 Å². The van der Waals surface area contributed by atoms with Gasteiger partial charge in [-0.1, -0.05) is 0 Å². The highest BCUT2D eigenvalue weighted by molar-refractivity contribution is 6.45. The quantitative estimate of drug-likeness (QED) is 0.596. The smallest absolute Gasteiger partial charge is 0.456 e. The maximum atomic E-state index is 10.5. The Hall–Kier alpha value is -0.353. The summed E-state index contributed by atoms with van der Waals surface area (Å²) in [5.74, 6) is -0.273. The number of hydrogen-bond donors (Lipinski definition) is 0. The van der Waals surface area contributed by atoms with Crippen LogP contribution in [0.3, 0.4) is 0 Å². The molecule has 0 aliphatic rings. The van der Waals surface area contributed by atoms with Gasteiger partial charge in [0.1, 0.15) is 0 Å². The molecule has 0 amide bonds. The van der Waals surface area contributed by atoms with E-state index in [9.17, 15) is 4.79 Å². The zero-order chi connectivity index (χ0) is 9.07. The van der Waals surface area contributed by atoms with Gasteiger partial charge in [0.25, 0.3) is 5.97 Å². The molecular weight excluding hydrogens is 160 g/mol. The lowest BCUT2D eigenvalue weighted by molar-refractivity contribution is -0.133. The fourth-order valence-corrected chi connectivity index (χ4v) is 1.96. The summed E-state index contributed by atoms with van der Waals surface area (Å²) >= 11 is 0. The first-order valence-corrected chi connectivity index (χ1v) is 5.34. The first kappa shape index (κ1) is 10.6. The van der Waals surface area contributed by atoms with Gasteiger partial charge < -0.3 is 8.85 Å². The lowest BCUT2D eigenvalue weighted by Gasteiger charge is -2.22. The minimum Gasteiger partial charge on any atom is -0.492 e. The van der Waals surface area contributed by atoms with E-state index in [1.165, 1.54) is 6.92 Å². The van der Waals surface area contributed by atoms with Crippen LogP contribution in [0.2, 0.25) is 6.55 Å². The van der Waals surface area contributed by atoms with Crippen LogP contribution in [0.15, 0.2) is 0 Å². The monoisotopic (exact) mass is 175 g/mol. The molecule has 0 aromatic rings. The molecular formula is C7H15O3Si. The number of hydrogen-bond acceptors (Lipinski definition) is 3. The van der Waals surface area contributed by atoms with Crippen molar-refractivity contribution in [3.63, 3.8) is 0 Å². The van der Waals surface area contributed by atoms with Crippen LogP contribution >= 0.6 is 0 Å². The molecule has 0 aromatic heterocycles. The summed E-state index contributed by atoms with van der Waals surface area (Å²) in [4.78, 5) is 10.5. The predicted octanol–water partition coefficient (Wildman–Crippen LogP) is 1.48. The van der Waals surface area contributed by atoms with Crippen LogP contribution in [-0.2, 0) is 13.6 Å². The normalized spacial score (nSPS) is 11.8. The maximum absolute atomic E-state index is 10.5. The molecule has 0 aliphatic heterocycles. The standard InChI is InChI=1S/C7H15O3Si/c1-6(8)9-11(5)10-7(2,3)4/h1-5H3. The van der Waals surface area contributed by atoms with E-state index in [1.54, 1.807) is 6.55 Å². The van der Waals surface area contributed by atoms with Gasteiger partial charge in [-0.2, -0.15) is 0 Å². The first-order chi connectivity index (χ1) is 4.81. The molecule has 3 nitrogen and oxygen atoms in total. The molecule has 0 aromatic carbocycles. The van der Waals surface area contributed by atoms with E-state index >= 15 is 0 Å². The van der Waals surface area contributed by atoms with Gasteiger partial charge in [-0.15, -0.1) is 0 Å². The fourth-order valence-electron chi connectivity index (χ4n) is 0.654. The van der Waals surface area contributed by atoms with Gasteiger partial charge in [-0.25, -0.2) is 0 Å². The molecule has 0 heterocycles. The summed E-state index contributed by atoms with van der Waals surface area (Å²) in [5.41, 5.74) is -0.224. The van der Waals surface area contributed by atoms with Gasteiger partial charge in [-0.3, -0.25) is 4.79 Å². The molecule has 0 saturated heterocycles. The topological polar surface area (TPSA) is 35.5 Å². The molecule has 0 saturated carbocycles. The van der Waals surface area contributed by atoms with Crippen LogP contribution in [0, 0.1) is 0 Å². The third-order valence-corrected chi connectivity index (χ3v) is 2.21. The average Bonchev–Trinajstić information content (AvgIpc) is 1.53. The van der Waals surface area contributed by atoms with Crippen LogP contribution < -0.4 is 0 Å². The largest absolute Gasteiger partial charge is 0.492 e. The summed E-state index contributed by atoms with van der Waals surface area (Å²) in [6, 6.07) is 0. The van der Waals surface area contributed by atoms with Crippen molar-refractivity contribution >= 4 is 15.3 Å². The summed E-state index contributed by atoms with van der Waals surface area (Å²) < 4.78 is 10.3. The minimum atomic E-state index is -1.40. The third kappa shape index (κ3) is 7.54. The maximum Gasteiger partial charge on any atom is 0.456 e. The highest BCUT2D eigenvalue weighted by Gasteiger charge is 2.20. The van der Waals surface area contributed by atoms with Crippen LogP contribution in [-0.4, -0.2) is 20.9 Å². The summed E-state index contributed by atoms with van der Waals surface area (Å²) in [6.45, 7) is 9.00. The van der Waals surface area contributed by atoms with Crippen LogP contribution in [0.4, 0.5) is 0 Å². The molecule has 0 aliphatic carbocycles. The Labute approximate surface area is 69.5 Å². The van der Waals surface area contributed by atoms with Crippen LogP contribution in [0.1, 0.15) is 27.7 Å². The molecule has 65 valence electrons. The van der Waals surface area contributed by atoms with Crippen molar-refractivity contribution in [2.75, 3.05) is 0 Å². The van der Waals surface area contributed by atoms with Gasteiger partial charge in [-0.05, 0) is 27.3 Å². The molecule has 0 bridgehead atoms. The van der Waals surface area contributed by atoms with Crippen molar-refractivity contribution in [1.82, 2.24) is 0 Å². The summed E-state index contributed by atoms with van der Waals surface area (Å²) in [6.07, 6.45) is 0. The zero-order valence-electron chi connectivity index (χ0n) is 7.72. The van der Waals surface area contributed by atoms with E-state index in [1.807, 2.05) is 20.8 Å². The Morgan fingerprint density at radius 2 is 1.82 bits per heavy atom. The Balaban J connectivity index is 3.69. The fraction of sp³-hybridized carbons (Fsp3) is 0.857. The van der Waals surface area contributed by atoms with Crippen molar-refractivity contribution in [3.05, 3.63) is 0 Å². The van der Waals surface area contributed by atoms with Crippen molar-refractivity contribution in [1.29, 1.82) is 0 Å². The van der Waals surface area contributed by atoms with Gasteiger partial charge >= 0.3 is 9.28 Å². The van der Waals surface area contributed by atoms with E-state index in [0.717, 1.165) is 0 Å². The highest BCUT2D eigenvalue weighted by Crippen LogP contribution is 2.08. The minimum absolute atomic E-state index is 0.224. The molecule has 4 heteroatoms. The molecule has 0 fully saturated rings. The second kappa shape index (κ2) is 3.87. The molecule has 0 N–H and O–H groups in total. The number of rotatable bonds is 2. The van der Waals surface area contributed by atoms with Gasteiger partial charge in [0.15, 0.2) is 0 Å². The van der Waals surface area contributed by atoms with Crippen molar-refractivity contribution in [2.24, 2.45) is 0 Å². The van der Waals surface area contributed by atoms with Crippen molar-refractivity contribution in [2.45, 2.75) is 39.8 Å². The molecule has 0 spiro atoms. The second-order valence-corrected chi connectivity index (χ2v) is 4.69. The molecule has 0 rings (SSSR count). The van der Waals surface area contributed by atoms with Crippen molar-refractivity contribution in [3.8, 4) is 0 Å². The Bertz CT molecular complexity index is 139. The SMILES string of the molecule is CC(=O)O[Si](C)OC(C)(C)C. The first-order valence-electron chi connectivity index (χ1n) is 3.52. The lowest BCUT2D eigenvalue weighted by Crippen LogP contribution is -2.31. The molecule has 1 radical (unpaired) electrons. The van der Waals surface area contributed by atoms with Gasteiger partial charge in [0.2, 0.25) is 0 Å².